The molecule has 1 atom stereocenters. The molecule has 0 radical (unpaired) electrons. The van der Waals surface area contributed by atoms with E-state index in [0.29, 0.717) is 18.4 Å². The number of anilines is 1. The van der Waals surface area contributed by atoms with Gasteiger partial charge in [0.25, 0.3) is 0 Å². The third-order valence-electron chi connectivity index (χ3n) is 3.76. The van der Waals surface area contributed by atoms with Gasteiger partial charge in [0.05, 0.1) is 18.8 Å². The number of halogens is 1. The summed E-state index contributed by atoms with van der Waals surface area (Å²) in [5, 5.41) is 3.16. The Morgan fingerprint density at radius 1 is 1.25 bits per heavy atom. The lowest BCUT2D eigenvalue weighted by molar-refractivity contribution is 0.265. The molecule has 2 aromatic rings. The van der Waals surface area contributed by atoms with E-state index in [4.69, 9.17) is 10.2 Å². The van der Waals surface area contributed by atoms with E-state index in [1.807, 2.05) is 38.4 Å². The third-order valence-corrected chi connectivity index (χ3v) is 3.76. The van der Waals surface area contributed by atoms with E-state index < -0.39 is 0 Å². The molecule has 0 aliphatic carbocycles. The molecule has 0 saturated heterocycles. The molecule has 0 saturated carbocycles. The molecule has 1 aromatic heterocycles. The van der Waals surface area contributed by atoms with E-state index in [9.17, 15) is 0 Å². The van der Waals surface area contributed by atoms with Crippen LogP contribution in [0.1, 0.15) is 37.1 Å². The lowest BCUT2D eigenvalue weighted by Gasteiger charge is -2.20. The topological polar surface area (TPSA) is 66.8 Å². The van der Waals surface area contributed by atoms with Crippen molar-refractivity contribution in [3.05, 3.63) is 54.0 Å². The van der Waals surface area contributed by atoms with Gasteiger partial charge in [-0.15, -0.1) is 24.0 Å². The molecule has 0 aliphatic rings. The van der Waals surface area contributed by atoms with Gasteiger partial charge in [-0.3, -0.25) is 9.89 Å². The highest BCUT2D eigenvalue weighted by atomic mass is 127. The molecule has 0 amide bonds. The fraction of sp³-hybridized carbons (Fsp3) is 0.389. The van der Waals surface area contributed by atoms with Gasteiger partial charge in [0.15, 0.2) is 5.96 Å². The Balaban J connectivity index is 0.00000288. The summed E-state index contributed by atoms with van der Waals surface area (Å²) in [6.45, 7) is 4.87. The Hall–Kier alpha value is -1.54. The summed E-state index contributed by atoms with van der Waals surface area (Å²) in [5.74, 6) is 1.77. The Morgan fingerprint density at radius 2 is 2.00 bits per heavy atom. The summed E-state index contributed by atoms with van der Waals surface area (Å²) in [5.41, 5.74) is 8.25. The van der Waals surface area contributed by atoms with Crippen LogP contribution in [-0.2, 0) is 0 Å². The monoisotopic (exact) mass is 442 g/mol. The second kappa shape index (κ2) is 9.68. The predicted molar refractivity (Wildman–Crippen MR) is 111 cm³/mol. The van der Waals surface area contributed by atoms with E-state index in [1.165, 1.54) is 5.56 Å². The minimum absolute atomic E-state index is 0. The number of rotatable bonds is 6. The molecular formula is C18H27IN4O. The van der Waals surface area contributed by atoms with Crippen LogP contribution in [0.15, 0.2) is 52.1 Å². The van der Waals surface area contributed by atoms with Gasteiger partial charge in [-0.1, -0.05) is 26.0 Å². The van der Waals surface area contributed by atoms with Crippen LogP contribution < -0.4 is 11.1 Å². The first-order valence-corrected chi connectivity index (χ1v) is 7.84. The molecule has 6 heteroatoms. The lowest BCUT2D eigenvalue weighted by atomic mass is 10.0. The molecule has 5 nitrogen and oxygen atoms in total. The molecule has 1 unspecified atom stereocenters. The Bertz CT molecular complexity index is 638. The highest BCUT2D eigenvalue weighted by Gasteiger charge is 2.16. The van der Waals surface area contributed by atoms with Gasteiger partial charge in [0, 0.05) is 5.69 Å². The van der Waals surface area contributed by atoms with Crippen molar-refractivity contribution < 1.29 is 4.42 Å². The zero-order valence-electron chi connectivity index (χ0n) is 14.7. The standard InChI is InChI=1S/C18H26N4O.HI/c1-13(2)14-7-5-8-15(11-14)21-18(19)20-12-16(22(3)4)17-9-6-10-23-17;/h5-11,13,16H,12H2,1-4H3,(H3,19,20,21);1H. The van der Waals surface area contributed by atoms with Gasteiger partial charge in [-0.2, -0.15) is 0 Å². The molecule has 0 aliphatic heterocycles. The molecule has 2 rings (SSSR count). The van der Waals surface area contributed by atoms with E-state index in [0.717, 1.165) is 11.4 Å². The quantitative estimate of drug-likeness (QED) is 0.403. The number of nitrogens with zero attached hydrogens (tertiary/aromatic N) is 2. The zero-order chi connectivity index (χ0) is 16.8. The smallest absolute Gasteiger partial charge is 0.193 e. The van der Waals surface area contributed by atoms with Crippen molar-refractivity contribution >= 4 is 35.6 Å². The van der Waals surface area contributed by atoms with Crippen molar-refractivity contribution in [1.82, 2.24) is 4.90 Å². The molecule has 0 bridgehead atoms. The van der Waals surface area contributed by atoms with E-state index in [-0.39, 0.29) is 30.0 Å². The lowest BCUT2D eigenvalue weighted by Crippen LogP contribution is -2.27. The Labute approximate surface area is 161 Å². The summed E-state index contributed by atoms with van der Waals surface area (Å²) in [7, 11) is 4.00. The maximum Gasteiger partial charge on any atom is 0.193 e. The van der Waals surface area contributed by atoms with Gasteiger partial charge in [0.2, 0.25) is 0 Å². The van der Waals surface area contributed by atoms with Gasteiger partial charge < -0.3 is 15.5 Å². The molecule has 0 fully saturated rings. The SMILES string of the molecule is CC(C)c1cccc(NC(N)=NCC(c2ccco2)N(C)C)c1.I. The van der Waals surface area contributed by atoms with Crippen molar-refractivity contribution in [2.24, 2.45) is 10.7 Å². The first-order valence-electron chi connectivity index (χ1n) is 7.84. The second-order valence-corrected chi connectivity index (χ2v) is 6.13. The van der Waals surface area contributed by atoms with Gasteiger partial charge in [0.1, 0.15) is 5.76 Å². The summed E-state index contributed by atoms with van der Waals surface area (Å²) in [6.07, 6.45) is 1.68. The average molecular weight is 442 g/mol. The first kappa shape index (κ1) is 20.5. The normalized spacial score (nSPS) is 13.0. The zero-order valence-corrected chi connectivity index (χ0v) is 17.0. The maximum absolute atomic E-state index is 6.02. The number of nitrogens with one attached hydrogen (secondary N) is 1. The van der Waals surface area contributed by atoms with Crippen LogP contribution in [0.25, 0.3) is 0 Å². The highest BCUT2D eigenvalue weighted by Crippen LogP contribution is 2.20. The largest absolute Gasteiger partial charge is 0.468 e. The van der Waals surface area contributed by atoms with Crippen LogP contribution in [0, 0.1) is 0 Å². The van der Waals surface area contributed by atoms with Crippen molar-refractivity contribution in [2.45, 2.75) is 25.8 Å². The molecule has 1 aromatic carbocycles. The maximum atomic E-state index is 6.02. The molecule has 24 heavy (non-hydrogen) atoms. The predicted octanol–water partition coefficient (Wildman–Crippen LogP) is 4.05. The van der Waals surface area contributed by atoms with Gasteiger partial charge >= 0.3 is 0 Å². The Kier molecular flexibility index (Phi) is 8.27. The fourth-order valence-corrected chi connectivity index (χ4v) is 2.34. The number of benzene rings is 1. The summed E-state index contributed by atoms with van der Waals surface area (Å²) in [4.78, 5) is 6.52. The number of hydrogen-bond acceptors (Lipinski definition) is 3. The summed E-state index contributed by atoms with van der Waals surface area (Å²) in [6, 6.07) is 12.1. The first-order chi connectivity index (χ1) is 11.0. The molecule has 3 N–H and O–H groups in total. The average Bonchev–Trinajstić information content (AvgIpc) is 3.01. The van der Waals surface area contributed by atoms with E-state index in [2.05, 4.69) is 41.2 Å². The van der Waals surface area contributed by atoms with Crippen molar-refractivity contribution in [3.63, 3.8) is 0 Å². The number of likely N-dealkylation sites (N-methyl/N-ethyl adjacent to an activating group) is 1. The van der Waals surface area contributed by atoms with Crippen LogP contribution in [0.3, 0.4) is 0 Å². The Morgan fingerprint density at radius 3 is 2.58 bits per heavy atom. The van der Waals surface area contributed by atoms with Crippen LogP contribution in [0.4, 0.5) is 5.69 Å². The fourth-order valence-electron chi connectivity index (χ4n) is 2.34. The minimum atomic E-state index is 0. The number of guanidine groups is 1. The van der Waals surface area contributed by atoms with Gasteiger partial charge in [-0.25, -0.2) is 0 Å². The number of furan rings is 1. The van der Waals surface area contributed by atoms with Crippen molar-refractivity contribution in [1.29, 1.82) is 0 Å². The number of hydrogen-bond donors (Lipinski definition) is 2. The molecule has 132 valence electrons. The van der Waals surface area contributed by atoms with E-state index in [1.54, 1.807) is 6.26 Å². The molecule has 1 heterocycles. The molecule has 0 spiro atoms. The second-order valence-electron chi connectivity index (χ2n) is 6.13. The van der Waals surface area contributed by atoms with Crippen molar-refractivity contribution in [2.75, 3.05) is 26.0 Å². The van der Waals surface area contributed by atoms with Crippen LogP contribution in [-0.4, -0.2) is 31.5 Å². The van der Waals surface area contributed by atoms with Crippen LogP contribution in [0.2, 0.25) is 0 Å². The molecular weight excluding hydrogens is 415 g/mol. The van der Waals surface area contributed by atoms with Crippen LogP contribution in [0.5, 0.6) is 0 Å². The third kappa shape index (κ3) is 5.83. The number of aliphatic imine (C=N–C) groups is 1. The minimum Gasteiger partial charge on any atom is -0.468 e. The van der Waals surface area contributed by atoms with E-state index >= 15 is 0 Å². The summed E-state index contributed by atoms with van der Waals surface area (Å²) < 4.78 is 5.48. The highest BCUT2D eigenvalue weighted by molar-refractivity contribution is 14.0. The summed E-state index contributed by atoms with van der Waals surface area (Å²) >= 11 is 0. The van der Waals surface area contributed by atoms with Crippen LogP contribution >= 0.6 is 24.0 Å². The van der Waals surface area contributed by atoms with Crippen molar-refractivity contribution in [3.8, 4) is 0 Å². The van der Waals surface area contributed by atoms with Gasteiger partial charge in [-0.05, 0) is 49.8 Å². The number of nitrogens with two attached hydrogens (primary N) is 1.